The van der Waals surface area contributed by atoms with Crippen LogP contribution in [0.15, 0.2) is 0 Å². The molecule has 0 aromatic carbocycles. The first kappa shape index (κ1) is 16.8. The zero-order chi connectivity index (χ0) is 12.8. The Balaban J connectivity index is 3.23. The third-order valence-corrected chi connectivity index (χ3v) is 2.09. The van der Waals surface area contributed by atoms with Gasteiger partial charge in [0.15, 0.2) is 6.29 Å². The summed E-state index contributed by atoms with van der Waals surface area (Å²) < 4.78 is 21.0. The summed E-state index contributed by atoms with van der Waals surface area (Å²) in [5.74, 6) is 0. The van der Waals surface area contributed by atoms with Crippen molar-refractivity contribution in [1.82, 2.24) is 5.32 Å². The van der Waals surface area contributed by atoms with Crippen LogP contribution in [0.3, 0.4) is 0 Å². The van der Waals surface area contributed by atoms with Gasteiger partial charge in [0.25, 0.3) is 0 Å². The van der Waals surface area contributed by atoms with Crippen molar-refractivity contribution < 1.29 is 18.9 Å². The van der Waals surface area contributed by atoms with Crippen molar-refractivity contribution in [2.45, 2.75) is 26.6 Å². The summed E-state index contributed by atoms with van der Waals surface area (Å²) in [5, 5.41) is 3.28. The van der Waals surface area contributed by atoms with Gasteiger partial charge in [-0.2, -0.15) is 0 Å². The zero-order valence-electron chi connectivity index (χ0n) is 11.4. The highest BCUT2D eigenvalue weighted by molar-refractivity contribution is 4.52. The molecule has 5 heteroatoms. The van der Waals surface area contributed by atoms with Crippen LogP contribution in [-0.2, 0) is 18.9 Å². The summed E-state index contributed by atoms with van der Waals surface area (Å²) in [6, 6.07) is 0. The van der Waals surface area contributed by atoms with Crippen LogP contribution in [0.4, 0.5) is 0 Å². The van der Waals surface area contributed by atoms with Crippen molar-refractivity contribution in [2.75, 3.05) is 53.2 Å². The second-order valence-electron chi connectivity index (χ2n) is 3.50. The van der Waals surface area contributed by atoms with Gasteiger partial charge in [-0.1, -0.05) is 0 Å². The maximum atomic E-state index is 5.41. The van der Waals surface area contributed by atoms with Crippen LogP contribution < -0.4 is 5.32 Å². The van der Waals surface area contributed by atoms with Crippen molar-refractivity contribution >= 4 is 0 Å². The Kier molecular flexibility index (Phi) is 13.7. The van der Waals surface area contributed by atoms with Crippen LogP contribution in [0.5, 0.6) is 0 Å². The fourth-order valence-electron chi connectivity index (χ4n) is 1.30. The monoisotopic (exact) mass is 249 g/mol. The average Bonchev–Trinajstić information content (AvgIpc) is 2.33. The number of methoxy groups -OCH3 is 1. The topological polar surface area (TPSA) is 49.0 Å². The maximum Gasteiger partial charge on any atom is 0.169 e. The molecular formula is C12H27NO4. The lowest BCUT2D eigenvalue weighted by Gasteiger charge is -2.17. The van der Waals surface area contributed by atoms with Gasteiger partial charge < -0.3 is 24.3 Å². The van der Waals surface area contributed by atoms with Crippen molar-refractivity contribution in [3.8, 4) is 0 Å². The molecule has 17 heavy (non-hydrogen) atoms. The van der Waals surface area contributed by atoms with Crippen LogP contribution in [0.25, 0.3) is 0 Å². The Morgan fingerprint density at radius 2 is 1.71 bits per heavy atom. The Morgan fingerprint density at radius 1 is 1.00 bits per heavy atom. The van der Waals surface area contributed by atoms with Gasteiger partial charge in [-0.25, -0.2) is 0 Å². The smallest absolute Gasteiger partial charge is 0.169 e. The molecule has 0 aliphatic carbocycles. The molecule has 0 heterocycles. The van der Waals surface area contributed by atoms with Crippen LogP contribution in [-0.4, -0.2) is 59.5 Å². The van der Waals surface area contributed by atoms with E-state index in [4.69, 9.17) is 18.9 Å². The number of hydrogen-bond donors (Lipinski definition) is 1. The van der Waals surface area contributed by atoms with Crippen LogP contribution in [0, 0.1) is 0 Å². The molecular weight excluding hydrogens is 222 g/mol. The van der Waals surface area contributed by atoms with E-state index >= 15 is 0 Å². The molecule has 0 spiro atoms. The highest BCUT2D eigenvalue weighted by Gasteiger charge is 2.05. The standard InChI is InChI=1S/C12H27NO4/c1-4-16-12(17-5-2)11-13-7-6-8-15-10-9-14-3/h12-13H,4-11H2,1-3H3. The predicted octanol–water partition coefficient (Wildman–Crippen LogP) is 1.03. The number of hydrogen-bond acceptors (Lipinski definition) is 5. The summed E-state index contributed by atoms with van der Waals surface area (Å²) in [6.45, 7) is 8.99. The van der Waals surface area contributed by atoms with Crippen molar-refractivity contribution in [3.05, 3.63) is 0 Å². The first-order chi connectivity index (χ1) is 8.35. The van der Waals surface area contributed by atoms with E-state index in [2.05, 4.69) is 5.32 Å². The molecule has 0 rings (SSSR count). The van der Waals surface area contributed by atoms with Gasteiger partial charge in [-0.15, -0.1) is 0 Å². The highest BCUT2D eigenvalue weighted by atomic mass is 16.7. The lowest BCUT2D eigenvalue weighted by molar-refractivity contribution is -0.132. The van der Waals surface area contributed by atoms with Gasteiger partial charge in [0.2, 0.25) is 0 Å². The average molecular weight is 249 g/mol. The molecule has 0 amide bonds. The van der Waals surface area contributed by atoms with Crippen molar-refractivity contribution in [2.24, 2.45) is 0 Å². The van der Waals surface area contributed by atoms with E-state index in [0.29, 0.717) is 26.4 Å². The Labute approximate surface area is 105 Å². The molecule has 5 nitrogen and oxygen atoms in total. The third-order valence-electron chi connectivity index (χ3n) is 2.09. The number of rotatable bonds is 13. The summed E-state index contributed by atoms with van der Waals surface area (Å²) in [5.41, 5.74) is 0. The maximum absolute atomic E-state index is 5.41. The molecule has 0 aromatic rings. The Hall–Kier alpha value is -0.200. The summed E-state index contributed by atoms with van der Waals surface area (Å²) in [6.07, 6.45) is 0.841. The lowest BCUT2D eigenvalue weighted by atomic mass is 10.4. The molecule has 0 unspecified atom stereocenters. The van der Waals surface area contributed by atoms with E-state index in [-0.39, 0.29) is 6.29 Å². The normalized spacial score (nSPS) is 11.3. The Morgan fingerprint density at radius 3 is 2.29 bits per heavy atom. The van der Waals surface area contributed by atoms with Gasteiger partial charge in [0.05, 0.1) is 13.2 Å². The largest absolute Gasteiger partial charge is 0.382 e. The van der Waals surface area contributed by atoms with Gasteiger partial charge >= 0.3 is 0 Å². The first-order valence-corrected chi connectivity index (χ1v) is 6.35. The molecule has 0 saturated carbocycles. The zero-order valence-corrected chi connectivity index (χ0v) is 11.4. The minimum Gasteiger partial charge on any atom is -0.382 e. The molecule has 0 aliphatic rings. The fourth-order valence-corrected chi connectivity index (χ4v) is 1.30. The van der Waals surface area contributed by atoms with E-state index in [9.17, 15) is 0 Å². The molecule has 104 valence electrons. The molecule has 0 aliphatic heterocycles. The SMILES string of the molecule is CCOC(CNCCCOCCOC)OCC. The van der Waals surface area contributed by atoms with E-state index < -0.39 is 0 Å². The summed E-state index contributed by atoms with van der Waals surface area (Å²) in [7, 11) is 1.67. The molecule has 0 atom stereocenters. The van der Waals surface area contributed by atoms with Gasteiger partial charge in [0.1, 0.15) is 0 Å². The summed E-state index contributed by atoms with van der Waals surface area (Å²) in [4.78, 5) is 0. The van der Waals surface area contributed by atoms with E-state index in [1.54, 1.807) is 7.11 Å². The quantitative estimate of drug-likeness (QED) is 0.390. The minimum atomic E-state index is -0.139. The van der Waals surface area contributed by atoms with Crippen molar-refractivity contribution in [1.29, 1.82) is 0 Å². The van der Waals surface area contributed by atoms with Crippen LogP contribution >= 0.6 is 0 Å². The molecule has 1 N–H and O–H groups in total. The van der Waals surface area contributed by atoms with Crippen molar-refractivity contribution in [3.63, 3.8) is 0 Å². The second kappa shape index (κ2) is 13.9. The number of ether oxygens (including phenoxy) is 4. The van der Waals surface area contributed by atoms with Gasteiger partial charge in [-0.05, 0) is 26.8 Å². The summed E-state index contributed by atoms with van der Waals surface area (Å²) >= 11 is 0. The predicted molar refractivity (Wildman–Crippen MR) is 67.2 cm³/mol. The Bertz CT molecular complexity index is 140. The molecule has 0 saturated heterocycles. The van der Waals surface area contributed by atoms with E-state index in [1.165, 1.54) is 0 Å². The molecule has 0 radical (unpaired) electrons. The van der Waals surface area contributed by atoms with Gasteiger partial charge in [-0.3, -0.25) is 0 Å². The molecule has 0 fully saturated rings. The highest BCUT2D eigenvalue weighted by Crippen LogP contribution is 1.93. The third kappa shape index (κ3) is 12.1. The number of nitrogens with one attached hydrogen (secondary N) is 1. The molecule has 0 aromatic heterocycles. The van der Waals surface area contributed by atoms with Gasteiger partial charge in [0, 0.05) is 33.5 Å². The fraction of sp³-hybridized carbons (Fsp3) is 1.00. The van der Waals surface area contributed by atoms with Crippen LogP contribution in [0.1, 0.15) is 20.3 Å². The van der Waals surface area contributed by atoms with E-state index in [0.717, 1.165) is 26.1 Å². The lowest BCUT2D eigenvalue weighted by Crippen LogP contribution is -2.32. The van der Waals surface area contributed by atoms with Crippen LogP contribution in [0.2, 0.25) is 0 Å². The minimum absolute atomic E-state index is 0.139. The first-order valence-electron chi connectivity index (χ1n) is 6.35. The molecule has 0 bridgehead atoms. The van der Waals surface area contributed by atoms with E-state index in [1.807, 2.05) is 13.8 Å². The second-order valence-corrected chi connectivity index (χ2v) is 3.50.